The van der Waals surface area contributed by atoms with Crippen LogP contribution in [0.2, 0.25) is 0 Å². The molecule has 2 unspecified atom stereocenters. The number of piperidine rings is 1. The van der Waals surface area contributed by atoms with Gasteiger partial charge in [0.15, 0.2) is 0 Å². The van der Waals surface area contributed by atoms with Crippen LogP contribution in [0.4, 0.5) is 0 Å². The van der Waals surface area contributed by atoms with Gasteiger partial charge in [0.2, 0.25) is 0 Å². The number of hydrogen-bond acceptors (Lipinski definition) is 2. The molecule has 2 rings (SSSR count). The summed E-state index contributed by atoms with van der Waals surface area (Å²) in [4.78, 5) is 0. The molecule has 78 valence electrons. The number of hydrogen-bond donors (Lipinski definition) is 2. The van der Waals surface area contributed by atoms with Crippen molar-refractivity contribution in [3.8, 4) is 0 Å². The Labute approximate surface area is 86.5 Å². The maximum Gasteiger partial charge on any atom is 0.0433 e. The first-order chi connectivity index (χ1) is 5.92. The van der Waals surface area contributed by atoms with Gasteiger partial charge in [-0.05, 0) is 50.1 Å². The van der Waals surface area contributed by atoms with Gasteiger partial charge in [0.1, 0.15) is 0 Å². The van der Waals surface area contributed by atoms with E-state index in [1.165, 1.54) is 32.4 Å². The van der Waals surface area contributed by atoms with E-state index in [0.717, 1.165) is 24.2 Å². The summed E-state index contributed by atoms with van der Waals surface area (Å²) in [7, 11) is 0. The quantitative estimate of drug-likeness (QED) is 0.715. The van der Waals surface area contributed by atoms with E-state index < -0.39 is 0 Å². The Bertz CT molecular complexity index is 132. The van der Waals surface area contributed by atoms with E-state index in [1.807, 2.05) is 0 Å². The van der Waals surface area contributed by atoms with Crippen LogP contribution in [0.3, 0.4) is 0 Å². The molecule has 0 radical (unpaired) electrons. The lowest BCUT2D eigenvalue weighted by molar-refractivity contribution is 0.0827. The molecular formula is C10H20ClNO. The number of fused-ring (bicyclic) bond motifs is 2. The second-order valence-corrected chi connectivity index (χ2v) is 4.29. The Kier molecular flexibility index (Phi) is 4.50. The fourth-order valence-electron chi connectivity index (χ4n) is 3.04. The van der Waals surface area contributed by atoms with Gasteiger partial charge in [-0.2, -0.15) is 0 Å². The number of aliphatic hydroxyl groups is 1. The maximum atomic E-state index is 8.95. The summed E-state index contributed by atoms with van der Waals surface area (Å²) >= 11 is 0. The van der Waals surface area contributed by atoms with Crippen LogP contribution in [0.1, 0.15) is 25.7 Å². The van der Waals surface area contributed by atoms with Crippen molar-refractivity contribution in [1.29, 1.82) is 0 Å². The Balaban J connectivity index is 0.000000845. The van der Waals surface area contributed by atoms with E-state index in [-0.39, 0.29) is 12.4 Å². The second-order valence-electron chi connectivity index (χ2n) is 4.29. The second kappa shape index (κ2) is 5.18. The summed E-state index contributed by atoms with van der Waals surface area (Å²) in [5.41, 5.74) is 0. The zero-order valence-corrected chi connectivity index (χ0v) is 8.85. The van der Waals surface area contributed by atoms with Crippen LogP contribution in [0.25, 0.3) is 0 Å². The minimum Gasteiger partial charge on any atom is -0.396 e. The summed E-state index contributed by atoms with van der Waals surface area (Å²) in [6.45, 7) is 2.78. The predicted molar refractivity (Wildman–Crippen MR) is 56.1 cm³/mol. The van der Waals surface area contributed by atoms with Gasteiger partial charge < -0.3 is 10.4 Å². The molecule has 1 aliphatic heterocycles. The zero-order valence-electron chi connectivity index (χ0n) is 8.04. The highest BCUT2D eigenvalue weighted by Crippen LogP contribution is 2.38. The topological polar surface area (TPSA) is 32.3 Å². The zero-order chi connectivity index (χ0) is 8.39. The van der Waals surface area contributed by atoms with Gasteiger partial charge in [0, 0.05) is 6.61 Å². The molecule has 0 spiro atoms. The Hall–Kier alpha value is 0.210. The van der Waals surface area contributed by atoms with E-state index in [2.05, 4.69) is 5.32 Å². The molecule has 2 fully saturated rings. The smallest absolute Gasteiger partial charge is 0.0433 e. The van der Waals surface area contributed by atoms with Crippen LogP contribution in [0.5, 0.6) is 0 Å². The Morgan fingerprint density at radius 3 is 2.31 bits per heavy atom. The molecule has 0 aromatic rings. The minimum atomic E-state index is 0. The van der Waals surface area contributed by atoms with E-state index in [0.29, 0.717) is 6.61 Å². The molecule has 1 heterocycles. The summed E-state index contributed by atoms with van der Waals surface area (Å²) in [6, 6.07) is 0. The van der Waals surface area contributed by atoms with Crippen LogP contribution < -0.4 is 5.32 Å². The summed E-state index contributed by atoms with van der Waals surface area (Å²) in [6.07, 6.45) is 5.22. The molecule has 1 saturated heterocycles. The SMILES string of the molecule is Cl.OCCC1C2CCCC1CNC2. The highest BCUT2D eigenvalue weighted by atomic mass is 35.5. The maximum absolute atomic E-state index is 8.95. The molecule has 2 bridgehead atoms. The van der Waals surface area contributed by atoms with Crippen LogP contribution in [-0.2, 0) is 0 Å². The average molecular weight is 206 g/mol. The monoisotopic (exact) mass is 205 g/mol. The molecule has 2 N–H and O–H groups in total. The van der Waals surface area contributed by atoms with Crippen molar-refractivity contribution in [2.24, 2.45) is 17.8 Å². The third-order valence-corrected chi connectivity index (χ3v) is 3.64. The van der Waals surface area contributed by atoms with Gasteiger partial charge >= 0.3 is 0 Å². The van der Waals surface area contributed by atoms with Crippen LogP contribution in [-0.4, -0.2) is 24.8 Å². The Morgan fingerprint density at radius 2 is 1.77 bits per heavy atom. The van der Waals surface area contributed by atoms with Gasteiger partial charge in [0.05, 0.1) is 0 Å². The van der Waals surface area contributed by atoms with E-state index >= 15 is 0 Å². The van der Waals surface area contributed by atoms with E-state index in [9.17, 15) is 0 Å². The molecule has 3 heteroatoms. The van der Waals surface area contributed by atoms with Crippen molar-refractivity contribution >= 4 is 12.4 Å². The molecule has 0 aromatic heterocycles. The summed E-state index contributed by atoms with van der Waals surface area (Å²) < 4.78 is 0. The number of aliphatic hydroxyl groups excluding tert-OH is 1. The average Bonchev–Trinajstić information content (AvgIpc) is 2.04. The van der Waals surface area contributed by atoms with Gasteiger partial charge in [-0.25, -0.2) is 0 Å². The van der Waals surface area contributed by atoms with Gasteiger partial charge in [0.25, 0.3) is 0 Å². The Morgan fingerprint density at radius 1 is 1.15 bits per heavy atom. The molecule has 1 aliphatic carbocycles. The molecule has 1 saturated carbocycles. The summed E-state index contributed by atoms with van der Waals surface area (Å²) in [5, 5.41) is 12.4. The highest BCUT2D eigenvalue weighted by Gasteiger charge is 2.35. The normalized spacial score (nSPS) is 38.1. The molecule has 13 heavy (non-hydrogen) atoms. The van der Waals surface area contributed by atoms with E-state index in [4.69, 9.17) is 5.11 Å². The van der Waals surface area contributed by atoms with Crippen LogP contribution in [0, 0.1) is 17.8 Å². The van der Waals surface area contributed by atoms with Gasteiger partial charge in [-0.1, -0.05) is 6.42 Å². The van der Waals surface area contributed by atoms with Crippen molar-refractivity contribution in [3.63, 3.8) is 0 Å². The lowest BCUT2D eigenvalue weighted by Gasteiger charge is -2.42. The van der Waals surface area contributed by atoms with Crippen molar-refractivity contribution < 1.29 is 5.11 Å². The van der Waals surface area contributed by atoms with Crippen molar-refractivity contribution in [1.82, 2.24) is 5.32 Å². The first kappa shape index (κ1) is 11.3. The van der Waals surface area contributed by atoms with Crippen LogP contribution >= 0.6 is 12.4 Å². The van der Waals surface area contributed by atoms with Crippen molar-refractivity contribution in [2.45, 2.75) is 25.7 Å². The van der Waals surface area contributed by atoms with Gasteiger partial charge in [-0.15, -0.1) is 12.4 Å². The molecule has 0 aromatic carbocycles. The fourth-order valence-corrected chi connectivity index (χ4v) is 3.04. The van der Waals surface area contributed by atoms with Crippen LogP contribution in [0.15, 0.2) is 0 Å². The lowest BCUT2D eigenvalue weighted by atomic mass is 9.68. The number of halogens is 1. The highest BCUT2D eigenvalue weighted by molar-refractivity contribution is 5.85. The minimum absolute atomic E-state index is 0. The van der Waals surface area contributed by atoms with Gasteiger partial charge in [-0.3, -0.25) is 0 Å². The fraction of sp³-hybridized carbons (Fsp3) is 1.00. The molecule has 2 atom stereocenters. The van der Waals surface area contributed by atoms with E-state index in [1.54, 1.807) is 0 Å². The lowest BCUT2D eigenvalue weighted by Crippen LogP contribution is -2.46. The predicted octanol–water partition coefficient (Wildman–Crippen LogP) is 1.43. The van der Waals surface area contributed by atoms with Crippen molar-refractivity contribution in [2.75, 3.05) is 19.7 Å². The number of nitrogens with one attached hydrogen (secondary N) is 1. The molecule has 2 nitrogen and oxygen atoms in total. The molecule has 2 aliphatic rings. The number of rotatable bonds is 2. The largest absolute Gasteiger partial charge is 0.396 e. The molecular weight excluding hydrogens is 186 g/mol. The standard InChI is InChI=1S/C10H19NO.ClH/c12-5-4-10-8-2-1-3-9(10)7-11-6-8;/h8-12H,1-7H2;1H. The summed E-state index contributed by atoms with van der Waals surface area (Å²) in [5.74, 6) is 2.55. The third kappa shape index (κ3) is 2.36. The van der Waals surface area contributed by atoms with Crippen molar-refractivity contribution in [3.05, 3.63) is 0 Å². The first-order valence-corrected chi connectivity index (χ1v) is 5.23. The third-order valence-electron chi connectivity index (χ3n) is 3.64. The first-order valence-electron chi connectivity index (χ1n) is 5.23. The molecule has 0 amide bonds.